The Morgan fingerprint density at radius 3 is 2.61 bits per heavy atom. The van der Waals surface area contributed by atoms with Gasteiger partial charge in [-0.3, -0.25) is 4.79 Å². The summed E-state index contributed by atoms with van der Waals surface area (Å²) in [5.74, 6) is 0.192. The van der Waals surface area contributed by atoms with Crippen molar-refractivity contribution >= 4 is 11.4 Å². The van der Waals surface area contributed by atoms with Gasteiger partial charge in [0.15, 0.2) is 11.6 Å². The first-order valence-corrected chi connectivity index (χ1v) is 10.6. The number of benzene rings is 2. The number of Topliss-reactive ketones (excluding diaryl/α,β-unsaturated/α-hetero) is 1. The number of rotatable bonds is 3. The molecule has 2 aliphatic carbocycles. The minimum atomic E-state index is -0.579. The van der Waals surface area contributed by atoms with E-state index in [-0.39, 0.29) is 17.3 Å². The zero-order chi connectivity index (χ0) is 22.0. The van der Waals surface area contributed by atoms with Crippen molar-refractivity contribution in [1.82, 2.24) is 0 Å². The Bertz CT molecular complexity index is 1180. The van der Waals surface area contributed by atoms with Gasteiger partial charge in [-0.1, -0.05) is 19.9 Å². The lowest BCUT2D eigenvalue weighted by molar-refractivity contribution is -0.141. The molecule has 3 aliphatic rings. The molecule has 1 aliphatic heterocycles. The summed E-state index contributed by atoms with van der Waals surface area (Å²) in [6.07, 6.45) is 0.569. The maximum Gasteiger partial charge on any atom is 0.193 e. The van der Waals surface area contributed by atoms with Crippen LogP contribution in [0.3, 0.4) is 0 Å². The monoisotopic (exact) mass is 415 g/mol. The van der Waals surface area contributed by atoms with E-state index in [4.69, 9.17) is 14.2 Å². The first-order valence-electron chi connectivity index (χ1n) is 10.6. The molecule has 0 spiro atoms. The number of carbonyl (C=O) groups is 1. The summed E-state index contributed by atoms with van der Waals surface area (Å²) < 4.78 is 17.4. The van der Waals surface area contributed by atoms with Gasteiger partial charge in [0.25, 0.3) is 0 Å². The molecule has 1 saturated heterocycles. The molecule has 0 radical (unpaired) electrons. The lowest BCUT2D eigenvalue weighted by Crippen LogP contribution is -2.30. The molecule has 5 rings (SSSR count). The third-order valence-electron chi connectivity index (χ3n) is 6.57. The third kappa shape index (κ3) is 3.18. The Morgan fingerprint density at radius 1 is 1.13 bits per heavy atom. The van der Waals surface area contributed by atoms with Gasteiger partial charge < -0.3 is 14.2 Å². The molecule has 2 aromatic rings. The summed E-state index contributed by atoms with van der Waals surface area (Å²) in [4.78, 5) is 13.5. The van der Waals surface area contributed by atoms with Crippen LogP contribution in [0.15, 0.2) is 42.0 Å². The average molecular weight is 415 g/mol. The van der Waals surface area contributed by atoms with Gasteiger partial charge in [0.05, 0.1) is 18.2 Å². The maximum atomic E-state index is 13.5. The zero-order valence-corrected chi connectivity index (χ0v) is 18.2. The van der Waals surface area contributed by atoms with E-state index in [9.17, 15) is 10.1 Å². The molecule has 158 valence electrons. The molecule has 0 aromatic heterocycles. The van der Waals surface area contributed by atoms with E-state index < -0.39 is 5.79 Å². The Labute approximate surface area is 182 Å². The number of fused-ring (bicyclic) bond motifs is 3. The predicted molar refractivity (Wildman–Crippen MR) is 116 cm³/mol. The smallest absolute Gasteiger partial charge is 0.193 e. The van der Waals surface area contributed by atoms with Gasteiger partial charge in [-0.2, -0.15) is 5.26 Å². The molecule has 0 saturated carbocycles. The number of hydrogen-bond donors (Lipinski definition) is 0. The summed E-state index contributed by atoms with van der Waals surface area (Å²) in [6, 6.07) is 13.5. The highest BCUT2D eigenvalue weighted by Gasteiger charge is 2.43. The second-order valence-electron chi connectivity index (χ2n) is 9.44. The molecule has 0 unspecified atom stereocenters. The summed E-state index contributed by atoms with van der Waals surface area (Å²) in [5.41, 5.74) is 5.92. The highest BCUT2D eigenvalue weighted by atomic mass is 16.7. The van der Waals surface area contributed by atoms with Gasteiger partial charge in [0.1, 0.15) is 18.5 Å². The zero-order valence-electron chi connectivity index (χ0n) is 18.2. The Balaban J connectivity index is 1.45. The number of carbonyl (C=O) groups excluding carboxylic acids is 1. The molecule has 1 heterocycles. The maximum absolute atomic E-state index is 13.5. The van der Waals surface area contributed by atoms with E-state index in [1.165, 1.54) is 0 Å². The van der Waals surface area contributed by atoms with Crippen LogP contribution >= 0.6 is 0 Å². The van der Waals surface area contributed by atoms with Crippen LogP contribution < -0.4 is 4.74 Å². The molecule has 2 aromatic carbocycles. The van der Waals surface area contributed by atoms with Crippen molar-refractivity contribution < 1.29 is 19.0 Å². The van der Waals surface area contributed by atoms with Crippen LogP contribution in [0.2, 0.25) is 0 Å². The summed E-state index contributed by atoms with van der Waals surface area (Å²) in [6.45, 7) is 9.00. The van der Waals surface area contributed by atoms with Crippen molar-refractivity contribution in [1.29, 1.82) is 5.26 Å². The van der Waals surface area contributed by atoms with Gasteiger partial charge in [0, 0.05) is 16.6 Å². The molecule has 1 fully saturated rings. The SMILES string of the molecule is CC1(C)OC[C@H](COc2ccc3c(c2)C(C)(C)C2=C(C3=O)c3ccc(C#N)cc3C2)O1. The van der Waals surface area contributed by atoms with Crippen molar-refractivity contribution in [3.63, 3.8) is 0 Å². The van der Waals surface area contributed by atoms with E-state index >= 15 is 0 Å². The highest BCUT2D eigenvalue weighted by molar-refractivity contribution is 6.33. The fourth-order valence-electron chi connectivity index (χ4n) is 4.95. The quantitative estimate of drug-likeness (QED) is 0.734. The molecule has 5 heteroatoms. The molecular formula is C26H25NO4. The lowest BCUT2D eigenvalue weighted by Gasteiger charge is -2.34. The fraction of sp³-hybridized carbons (Fsp3) is 0.385. The number of ether oxygens (including phenoxy) is 3. The van der Waals surface area contributed by atoms with E-state index in [1.807, 2.05) is 44.2 Å². The molecule has 31 heavy (non-hydrogen) atoms. The topological polar surface area (TPSA) is 68.5 Å². The van der Waals surface area contributed by atoms with Crippen LogP contribution in [0.4, 0.5) is 0 Å². The summed E-state index contributed by atoms with van der Waals surface area (Å²) in [7, 11) is 0. The minimum Gasteiger partial charge on any atom is -0.491 e. The lowest BCUT2D eigenvalue weighted by atomic mass is 9.68. The highest BCUT2D eigenvalue weighted by Crippen LogP contribution is 2.50. The fourth-order valence-corrected chi connectivity index (χ4v) is 4.95. The van der Waals surface area contributed by atoms with Gasteiger partial charge in [-0.05, 0) is 72.9 Å². The molecule has 0 amide bonds. The van der Waals surface area contributed by atoms with Gasteiger partial charge in [-0.25, -0.2) is 0 Å². The standard InChI is InChI=1S/C26H25NO4/c1-25(2)21-11-17(29-13-18-14-30-26(3,4)31-18)6-8-20(21)24(28)23-19-7-5-15(12-27)9-16(19)10-22(23)25/h5-9,11,18H,10,13-14H2,1-4H3/t18-/m0/s1. The number of allylic oxidation sites excluding steroid dienone is 2. The number of nitrogens with zero attached hydrogens (tertiary/aromatic N) is 1. The number of nitriles is 1. The van der Waals surface area contributed by atoms with Crippen LogP contribution in [-0.4, -0.2) is 30.9 Å². The summed E-state index contributed by atoms with van der Waals surface area (Å²) >= 11 is 0. The number of hydrogen-bond acceptors (Lipinski definition) is 5. The van der Waals surface area contributed by atoms with Crippen molar-refractivity contribution in [3.8, 4) is 11.8 Å². The van der Waals surface area contributed by atoms with Crippen LogP contribution in [0.25, 0.3) is 5.57 Å². The summed E-state index contributed by atoms with van der Waals surface area (Å²) in [5, 5.41) is 9.25. The van der Waals surface area contributed by atoms with E-state index in [0.29, 0.717) is 25.2 Å². The number of ketones is 1. The molecule has 5 nitrogen and oxygen atoms in total. The van der Waals surface area contributed by atoms with Crippen molar-refractivity contribution in [2.75, 3.05) is 13.2 Å². The van der Waals surface area contributed by atoms with Gasteiger partial charge in [-0.15, -0.1) is 0 Å². The van der Waals surface area contributed by atoms with Crippen LogP contribution in [0.5, 0.6) is 5.75 Å². The van der Waals surface area contributed by atoms with Crippen molar-refractivity contribution in [3.05, 3.63) is 69.8 Å². The molecule has 0 bridgehead atoms. The first-order chi connectivity index (χ1) is 14.7. The van der Waals surface area contributed by atoms with Gasteiger partial charge >= 0.3 is 0 Å². The largest absolute Gasteiger partial charge is 0.491 e. The average Bonchev–Trinajstić information content (AvgIpc) is 3.30. The van der Waals surface area contributed by atoms with Crippen LogP contribution in [0, 0.1) is 11.3 Å². The van der Waals surface area contributed by atoms with Gasteiger partial charge in [0.2, 0.25) is 0 Å². The minimum absolute atomic E-state index is 0.0496. The van der Waals surface area contributed by atoms with Crippen molar-refractivity contribution in [2.45, 2.75) is 51.4 Å². The van der Waals surface area contributed by atoms with Crippen molar-refractivity contribution in [2.24, 2.45) is 0 Å². The third-order valence-corrected chi connectivity index (χ3v) is 6.57. The molecular weight excluding hydrogens is 390 g/mol. The van der Waals surface area contributed by atoms with Crippen LogP contribution in [-0.2, 0) is 21.3 Å². The Kier molecular flexibility index (Phi) is 4.37. The molecule has 0 N–H and O–H groups in total. The first kappa shape index (κ1) is 20.0. The van der Waals surface area contributed by atoms with E-state index in [0.717, 1.165) is 39.1 Å². The Hall–Kier alpha value is -2.94. The second-order valence-corrected chi connectivity index (χ2v) is 9.44. The van der Waals surface area contributed by atoms with E-state index in [1.54, 1.807) is 6.07 Å². The van der Waals surface area contributed by atoms with Crippen LogP contribution in [0.1, 0.15) is 60.3 Å². The molecule has 1 atom stereocenters. The normalized spacial score (nSPS) is 22.5. The van der Waals surface area contributed by atoms with E-state index in [2.05, 4.69) is 19.9 Å². The predicted octanol–water partition coefficient (Wildman–Crippen LogP) is 4.57. The second kappa shape index (κ2) is 6.78. The Morgan fingerprint density at radius 2 is 1.90 bits per heavy atom.